The molecule has 1 heterocycles. The number of benzene rings is 1. The molecule has 2 heteroatoms. The number of rotatable bonds is 1. The number of allylic oxidation sites excluding steroid dienone is 2. The van der Waals surface area contributed by atoms with Gasteiger partial charge in [-0.15, -0.1) is 0 Å². The fourth-order valence-corrected chi connectivity index (χ4v) is 1.82. The van der Waals surface area contributed by atoms with Crippen molar-refractivity contribution < 1.29 is 4.74 Å². The summed E-state index contributed by atoms with van der Waals surface area (Å²) in [7, 11) is 0. The first-order valence-electron chi connectivity index (χ1n) is 4.64. The molecule has 2 aliphatic rings. The fraction of sp³-hybridized carbons (Fsp3) is 0.167. The van der Waals surface area contributed by atoms with Crippen molar-refractivity contribution in [3.63, 3.8) is 0 Å². The molecule has 1 aliphatic carbocycles. The lowest BCUT2D eigenvalue weighted by Crippen LogP contribution is -1.93. The molecule has 0 saturated carbocycles. The Morgan fingerprint density at radius 1 is 1.07 bits per heavy atom. The van der Waals surface area contributed by atoms with Gasteiger partial charge in [-0.2, -0.15) is 0 Å². The van der Waals surface area contributed by atoms with Gasteiger partial charge in [-0.1, -0.05) is 35.9 Å². The highest BCUT2D eigenvalue weighted by atomic mass is 35.5. The van der Waals surface area contributed by atoms with Crippen LogP contribution in [0.4, 0.5) is 0 Å². The maximum atomic E-state index is 5.83. The van der Waals surface area contributed by atoms with E-state index in [1.165, 1.54) is 11.1 Å². The third kappa shape index (κ3) is 1.39. The summed E-state index contributed by atoms with van der Waals surface area (Å²) in [5, 5.41) is 0.773. The molecule has 1 aromatic carbocycles. The Bertz CT molecular complexity index is 416. The van der Waals surface area contributed by atoms with Gasteiger partial charge in [-0.05, 0) is 29.3 Å². The highest BCUT2D eigenvalue weighted by molar-refractivity contribution is 6.30. The number of fused-ring (bicyclic) bond motifs is 1. The zero-order chi connectivity index (χ0) is 9.54. The Morgan fingerprint density at radius 2 is 1.86 bits per heavy atom. The number of epoxide rings is 1. The maximum Gasteiger partial charge on any atom is 0.107 e. The van der Waals surface area contributed by atoms with Crippen molar-refractivity contribution in [3.8, 4) is 0 Å². The topological polar surface area (TPSA) is 12.5 Å². The minimum atomic E-state index is 0.311. The molecule has 0 spiro atoms. The maximum absolute atomic E-state index is 5.83. The van der Waals surface area contributed by atoms with Crippen LogP contribution in [-0.4, -0.2) is 12.2 Å². The van der Waals surface area contributed by atoms with Gasteiger partial charge in [0.2, 0.25) is 0 Å². The Balaban J connectivity index is 1.95. The average molecular weight is 205 g/mol. The zero-order valence-electron chi connectivity index (χ0n) is 7.48. The second kappa shape index (κ2) is 2.97. The standard InChI is InChI=1S/C12H9ClO/c13-10-4-1-8(2-5-10)9-3-6-11-12(7-9)14-11/h1-7,11-12H. The van der Waals surface area contributed by atoms with E-state index in [2.05, 4.69) is 18.2 Å². The highest BCUT2D eigenvalue weighted by Gasteiger charge is 2.36. The van der Waals surface area contributed by atoms with Crippen molar-refractivity contribution in [1.29, 1.82) is 0 Å². The molecule has 70 valence electrons. The quantitative estimate of drug-likeness (QED) is 0.641. The van der Waals surface area contributed by atoms with Gasteiger partial charge in [0.25, 0.3) is 0 Å². The molecule has 1 saturated heterocycles. The molecule has 0 N–H and O–H groups in total. The Hall–Kier alpha value is -1.05. The molecule has 1 nitrogen and oxygen atoms in total. The summed E-state index contributed by atoms with van der Waals surface area (Å²) in [6.45, 7) is 0. The van der Waals surface area contributed by atoms with Crippen molar-refractivity contribution in [2.45, 2.75) is 12.2 Å². The van der Waals surface area contributed by atoms with Crippen LogP contribution in [0, 0.1) is 0 Å². The first-order valence-corrected chi connectivity index (χ1v) is 5.02. The molecule has 1 fully saturated rings. The van der Waals surface area contributed by atoms with Gasteiger partial charge >= 0.3 is 0 Å². The normalized spacial score (nSPS) is 28.2. The molecule has 1 aromatic rings. The summed E-state index contributed by atoms with van der Waals surface area (Å²) in [4.78, 5) is 0. The molecule has 2 unspecified atom stereocenters. The number of hydrogen-bond acceptors (Lipinski definition) is 1. The zero-order valence-corrected chi connectivity index (χ0v) is 8.24. The summed E-state index contributed by atoms with van der Waals surface area (Å²) in [5.74, 6) is 0. The van der Waals surface area contributed by atoms with Crippen molar-refractivity contribution in [2.75, 3.05) is 0 Å². The Morgan fingerprint density at radius 3 is 2.57 bits per heavy atom. The molecule has 3 rings (SSSR count). The van der Waals surface area contributed by atoms with E-state index in [0.717, 1.165) is 5.02 Å². The second-order valence-corrected chi connectivity index (χ2v) is 3.99. The van der Waals surface area contributed by atoms with Gasteiger partial charge < -0.3 is 4.74 Å². The van der Waals surface area contributed by atoms with Gasteiger partial charge in [0.1, 0.15) is 12.2 Å². The lowest BCUT2D eigenvalue weighted by molar-refractivity contribution is 0.414. The van der Waals surface area contributed by atoms with E-state index < -0.39 is 0 Å². The third-order valence-corrected chi connectivity index (χ3v) is 2.80. The summed E-state index contributed by atoms with van der Waals surface area (Å²) in [5.41, 5.74) is 2.42. The first-order chi connectivity index (χ1) is 6.83. The van der Waals surface area contributed by atoms with E-state index in [1.807, 2.05) is 24.3 Å². The SMILES string of the molecule is Clc1ccc(C2=CC3OC3C=C2)cc1. The Kier molecular flexibility index (Phi) is 1.76. The monoisotopic (exact) mass is 204 g/mol. The number of halogens is 1. The Labute approximate surface area is 87.6 Å². The first kappa shape index (κ1) is 8.27. The van der Waals surface area contributed by atoms with E-state index in [9.17, 15) is 0 Å². The minimum absolute atomic E-state index is 0.311. The van der Waals surface area contributed by atoms with Crippen LogP contribution in [0.1, 0.15) is 5.56 Å². The van der Waals surface area contributed by atoms with E-state index in [1.54, 1.807) is 0 Å². The van der Waals surface area contributed by atoms with Gasteiger partial charge in [-0.3, -0.25) is 0 Å². The summed E-state index contributed by atoms with van der Waals surface area (Å²) < 4.78 is 5.36. The molecule has 0 bridgehead atoms. The molecule has 0 amide bonds. The van der Waals surface area contributed by atoms with E-state index in [4.69, 9.17) is 16.3 Å². The predicted molar refractivity (Wildman–Crippen MR) is 57.2 cm³/mol. The summed E-state index contributed by atoms with van der Waals surface area (Å²) in [6, 6.07) is 7.87. The molecule has 0 aromatic heterocycles. The van der Waals surface area contributed by atoms with E-state index >= 15 is 0 Å². The summed E-state index contributed by atoms with van der Waals surface area (Å²) in [6.07, 6.45) is 7.02. The van der Waals surface area contributed by atoms with Crippen LogP contribution in [0.15, 0.2) is 42.5 Å². The third-order valence-electron chi connectivity index (χ3n) is 2.55. The van der Waals surface area contributed by atoms with Crippen molar-refractivity contribution in [2.24, 2.45) is 0 Å². The molecular weight excluding hydrogens is 196 g/mol. The largest absolute Gasteiger partial charge is 0.361 e. The van der Waals surface area contributed by atoms with Crippen LogP contribution >= 0.6 is 11.6 Å². The lowest BCUT2D eigenvalue weighted by atomic mass is 10.00. The molecule has 14 heavy (non-hydrogen) atoms. The van der Waals surface area contributed by atoms with Crippen LogP contribution in [0.2, 0.25) is 5.02 Å². The van der Waals surface area contributed by atoms with Gasteiger partial charge in [0.05, 0.1) is 0 Å². The van der Waals surface area contributed by atoms with Crippen LogP contribution in [0.5, 0.6) is 0 Å². The van der Waals surface area contributed by atoms with Gasteiger partial charge in [-0.25, -0.2) is 0 Å². The molecule has 1 aliphatic heterocycles. The van der Waals surface area contributed by atoms with Crippen molar-refractivity contribution in [1.82, 2.24) is 0 Å². The van der Waals surface area contributed by atoms with Gasteiger partial charge in [0.15, 0.2) is 0 Å². The van der Waals surface area contributed by atoms with Crippen LogP contribution < -0.4 is 0 Å². The van der Waals surface area contributed by atoms with E-state index in [-0.39, 0.29) is 0 Å². The predicted octanol–water partition coefficient (Wildman–Crippen LogP) is 3.06. The van der Waals surface area contributed by atoms with Crippen LogP contribution in [0.3, 0.4) is 0 Å². The smallest absolute Gasteiger partial charge is 0.107 e. The fourth-order valence-electron chi connectivity index (χ4n) is 1.69. The average Bonchev–Trinajstić information content (AvgIpc) is 2.96. The van der Waals surface area contributed by atoms with E-state index in [0.29, 0.717) is 12.2 Å². The van der Waals surface area contributed by atoms with Crippen molar-refractivity contribution in [3.05, 3.63) is 53.1 Å². The number of ether oxygens (including phenoxy) is 1. The summed E-state index contributed by atoms with van der Waals surface area (Å²) >= 11 is 5.83. The van der Waals surface area contributed by atoms with Crippen LogP contribution in [-0.2, 0) is 4.74 Å². The van der Waals surface area contributed by atoms with Crippen molar-refractivity contribution >= 4 is 17.2 Å². The molecule has 2 atom stereocenters. The second-order valence-electron chi connectivity index (χ2n) is 3.55. The molecule has 0 radical (unpaired) electrons. The van der Waals surface area contributed by atoms with Gasteiger partial charge in [0, 0.05) is 5.02 Å². The van der Waals surface area contributed by atoms with Crippen LogP contribution in [0.25, 0.3) is 5.57 Å². The lowest BCUT2D eigenvalue weighted by Gasteiger charge is -2.04. The number of hydrogen-bond donors (Lipinski definition) is 0. The highest BCUT2D eigenvalue weighted by Crippen LogP contribution is 2.33. The molecular formula is C12H9ClO. The minimum Gasteiger partial charge on any atom is -0.361 e.